The van der Waals surface area contributed by atoms with Gasteiger partial charge in [0, 0.05) is 19.2 Å². The maximum absolute atomic E-state index is 10.7. The fraction of sp³-hybridized carbons (Fsp3) is 0.909. The fourth-order valence-corrected chi connectivity index (χ4v) is 1.93. The Labute approximate surface area is 96.3 Å². The molecule has 0 aliphatic carbocycles. The van der Waals surface area contributed by atoms with Gasteiger partial charge < -0.3 is 20.9 Å². The molecule has 94 valence electrons. The molecule has 1 heterocycles. The third kappa shape index (κ3) is 3.73. The highest BCUT2D eigenvalue weighted by Crippen LogP contribution is 2.27. The summed E-state index contributed by atoms with van der Waals surface area (Å²) in [5.41, 5.74) is 4.89. The quantitative estimate of drug-likeness (QED) is 0.609. The zero-order chi connectivity index (χ0) is 12.2. The number of aliphatic hydroxyl groups is 1. The largest absolute Gasteiger partial charge is 0.382 e. The Balaban J connectivity index is 2.35. The molecule has 1 aliphatic heterocycles. The van der Waals surface area contributed by atoms with Crippen LogP contribution in [-0.2, 0) is 9.53 Å². The molecule has 16 heavy (non-hydrogen) atoms. The Kier molecular flexibility index (Phi) is 4.70. The number of carbonyl (C=O) groups excluding carboxylic acids is 1. The van der Waals surface area contributed by atoms with Gasteiger partial charge in [-0.1, -0.05) is 6.92 Å². The van der Waals surface area contributed by atoms with E-state index >= 15 is 0 Å². The Bertz CT molecular complexity index is 247. The van der Waals surface area contributed by atoms with Crippen molar-refractivity contribution in [3.05, 3.63) is 0 Å². The average Bonchev–Trinajstić information content (AvgIpc) is 2.26. The van der Waals surface area contributed by atoms with Crippen LogP contribution in [0.2, 0.25) is 0 Å². The number of nitrogens with two attached hydrogens (primary N) is 1. The first-order chi connectivity index (χ1) is 7.47. The summed E-state index contributed by atoms with van der Waals surface area (Å²) in [6.07, 6.45) is 1.66. The minimum atomic E-state index is -1.10. The molecular weight excluding hydrogens is 208 g/mol. The summed E-state index contributed by atoms with van der Waals surface area (Å²) in [6, 6.07) is 0.285. The van der Waals surface area contributed by atoms with Crippen LogP contribution in [0.4, 0.5) is 0 Å². The molecule has 1 amide bonds. The monoisotopic (exact) mass is 230 g/mol. The van der Waals surface area contributed by atoms with E-state index in [2.05, 4.69) is 19.2 Å². The lowest BCUT2D eigenvalue weighted by atomic mass is 9.90. The van der Waals surface area contributed by atoms with Gasteiger partial charge in [-0.15, -0.1) is 0 Å². The van der Waals surface area contributed by atoms with Gasteiger partial charge in [-0.2, -0.15) is 0 Å². The maximum atomic E-state index is 10.7. The van der Waals surface area contributed by atoms with Gasteiger partial charge in [-0.25, -0.2) is 0 Å². The number of hydrogen-bond donors (Lipinski definition) is 3. The van der Waals surface area contributed by atoms with Crippen molar-refractivity contribution in [3.8, 4) is 0 Å². The molecule has 0 aromatic carbocycles. The van der Waals surface area contributed by atoms with Crippen LogP contribution in [0.25, 0.3) is 0 Å². The molecule has 0 spiro atoms. The van der Waals surface area contributed by atoms with Crippen molar-refractivity contribution in [2.45, 2.75) is 50.9 Å². The SMILES string of the molecule is CCC1(C)CC(NCC(O)C(N)=O)CCO1. The first-order valence-corrected chi connectivity index (χ1v) is 5.81. The van der Waals surface area contributed by atoms with Crippen molar-refractivity contribution in [3.63, 3.8) is 0 Å². The lowest BCUT2D eigenvalue weighted by molar-refractivity contribution is -0.126. The van der Waals surface area contributed by atoms with Gasteiger partial charge in [0.25, 0.3) is 0 Å². The summed E-state index contributed by atoms with van der Waals surface area (Å²) in [6.45, 7) is 5.13. The first-order valence-electron chi connectivity index (χ1n) is 5.81. The van der Waals surface area contributed by atoms with Crippen molar-refractivity contribution in [1.29, 1.82) is 0 Å². The molecule has 5 heteroatoms. The number of rotatable bonds is 5. The zero-order valence-electron chi connectivity index (χ0n) is 10.0. The van der Waals surface area contributed by atoms with E-state index in [4.69, 9.17) is 10.5 Å². The lowest BCUT2D eigenvalue weighted by Crippen LogP contribution is -2.48. The van der Waals surface area contributed by atoms with E-state index in [0.717, 1.165) is 19.3 Å². The molecule has 3 atom stereocenters. The molecule has 0 aromatic rings. The molecule has 1 saturated heterocycles. The second kappa shape index (κ2) is 5.61. The third-order valence-electron chi connectivity index (χ3n) is 3.27. The van der Waals surface area contributed by atoms with Crippen LogP contribution in [-0.4, -0.2) is 41.9 Å². The summed E-state index contributed by atoms with van der Waals surface area (Å²) < 4.78 is 5.70. The van der Waals surface area contributed by atoms with Crippen molar-refractivity contribution < 1.29 is 14.6 Å². The van der Waals surface area contributed by atoms with Gasteiger partial charge in [-0.3, -0.25) is 4.79 Å². The number of carbonyl (C=O) groups is 1. The minimum Gasteiger partial charge on any atom is -0.382 e. The Morgan fingerprint density at radius 1 is 1.75 bits per heavy atom. The van der Waals surface area contributed by atoms with Crippen LogP contribution in [0, 0.1) is 0 Å². The van der Waals surface area contributed by atoms with E-state index in [1.54, 1.807) is 0 Å². The predicted molar refractivity (Wildman–Crippen MR) is 60.9 cm³/mol. The van der Waals surface area contributed by atoms with Crippen LogP contribution < -0.4 is 11.1 Å². The summed E-state index contributed by atoms with van der Waals surface area (Å²) in [7, 11) is 0. The standard InChI is InChI=1S/C11H22N2O3/c1-3-11(2)6-8(4-5-16-11)13-7-9(14)10(12)15/h8-9,13-14H,3-7H2,1-2H3,(H2,12,15). The van der Waals surface area contributed by atoms with Crippen molar-refractivity contribution in [2.75, 3.05) is 13.2 Å². The van der Waals surface area contributed by atoms with Crippen molar-refractivity contribution in [1.82, 2.24) is 5.32 Å². The number of amides is 1. The minimum absolute atomic E-state index is 0.0897. The fourth-order valence-electron chi connectivity index (χ4n) is 1.93. The summed E-state index contributed by atoms with van der Waals surface area (Å²) in [4.78, 5) is 10.7. The number of aliphatic hydroxyl groups excluding tert-OH is 1. The van der Waals surface area contributed by atoms with E-state index in [-0.39, 0.29) is 18.2 Å². The molecule has 1 aliphatic rings. The van der Waals surface area contributed by atoms with Gasteiger partial charge in [0.15, 0.2) is 0 Å². The first kappa shape index (κ1) is 13.4. The third-order valence-corrected chi connectivity index (χ3v) is 3.27. The Morgan fingerprint density at radius 2 is 2.44 bits per heavy atom. The van der Waals surface area contributed by atoms with E-state index in [9.17, 15) is 9.90 Å². The van der Waals surface area contributed by atoms with Gasteiger partial charge in [0.1, 0.15) is 6.10 Å². The van der Waals surface area contributed by atoms with Crippen LogP contribution in [0.1, 0.15) is 33.1 Å². The number of hydrogen-bond acceptors (Lipinski definition) is 4. The van der Waals surface area contributed by atoms with Crippen molar-refractivity contribution in [2.24, 2.45) is 5.73 Å². The summed E-state index contributed by atoms with van der Waals surface area (Å²) in [5.74, 6) is -0.683. The lowest BCUT2D eigenvalue weighted by Gasteiger charge is -2.38. The van der Waals surface area contributed by atoms with E-state index in [0.29, 0.717) is 6.61 Å². The molecule has 0 radical (unpaired) electrons. The highest BCUT2D eigenvalue weighted by molar-refractivity contribution is 5.78. The normalized spacial score (nSPS) is 32.3. The number of ether oxygens (including phenoxy) is 1. The van der Waals surface area contributed by atoms with Crippen LogP contribution in [0.3, 0.4) is 0 Å². The van der Waals surface area contributed by atoms with Gasteiger partial charge in [0.2, 0.25) is 5.91 Å². The number of primary amides is 1. The molecule has 3 unspecified atom stereocenters. The Morgan fingerprint density at radius 3 is 3.00 bits per heavy atom. The van der Waals surface area contributed by atoms with E-state index < -0.39 is 12.0 Å². The molecule has 1 fully saturated rings. The van der Waals surface area contributed by atoms with Crippen LogP contribution in [0.15, 0.2) is 0 Å². The second-order valence-corrected chi connectivity index (χ2v) is 4.67. The molecule has 5 nitrogen and oxygen atoms in total. The Hall–Kier alpha value is -0.650. The molecule has 1 rings (SSSR count). The van der Waals surface area contributed by atoms with E-state index in [1.165, 1.54) is 0 Å². The summed E-state index contributed by atoms with van der Waals surface area (Å²) >= 11 is 0. The average molecular weight is 230 g/mol. The second-order valence-electron chi connectivity index (χ2n) is 4.67. The number of nitrogens with one attached hydrogen (secondary N) is 1. The highest BCUT2D eigenvalue weighted by Gasteiger charge is 2.31. The molecule has 0 aromatic heterocycles. The highest BCUT2D eigenvalue weighted by atomic mass is 16.5. The topological polar surface area (TPSA) is 84.6 Å². The van der Waals surface area contributed by atoms with Gasteiger partial charge in [0.05, 0.1) is 5.60 Å². The van der Waals surface area contributed by atoms with Crippen molar-refractivity contribution >= 4 is 5.91 Å². The van der Waals surface area contributed by atoms with Gasteiger partial charge in [-0.05, 0) is 26.2 Å². The van der Waals surface area contributed by atoms with Crippen LogP contribution in [0.5, 0.6) is 0 Å². The van der Waals surface area contributed by atoms with E-state index in [1.807, 2.05) is 0 Å². The molecule has 0 saturated carbocycles. The zero-order valence-corrected chi connectivity index (χ0v) is 10.0. The molecular formula is C11H22N2O3. The van der Waals surface area contributed by atoms with Crippen LogP contribution >= 0.6 is 0 Å². The van der Waals surface area contributed by atoms with Gasteiger partial charge >= 0.3 is 0 Å². The predicted octanol–water partition coefficient (Wildman–Crippen LogP) is -0.230. The summed E-state index contributed by atoms with van der Waals surface area (Å²) in [5, 5.41) is 12.4. The maximum Gasteiger partial charge on any atom is 0.247 e. The molecule has 4 N–H and O–H groups in total. The smallest absolute Gasteiger partial charge is 0.247 e. The molecule has 0 bridgehead atoms.